The van der Waals surface area contributed by atoms with Gasteiger partial charge in [-0.3, -0.25) is 4.79 Å². The van der Waals surface area contributed by atoms with Gasteiger partial charge in [-0.15, -0.1) is 6.42 Å². The van der Waals surface area contributed by atoms with E-state index in [1.165, 1.54) is 20.3 Å². The van der Waals surface area contributed by atoms with Crippen molar-refractivity contribution < 1.29 is 37.4 Å². The molecule has 2 fully saturated rings. The zero-order chi connectivity index (χ0) is 24.3. The summed E-state index contributed by atoms with van der Waals surface area (Å²) in [6, 6.07) is 0. The minimum Gasteiger partial charge on any atom is -0.495 e. The third-order valence-electron chi connectivity index (χ3n) is 5.73. The van der Waals surface area contributed by atoms with Crippen LogP contribution in [0.15, 0.2) is 12.3 Å². The van der Waals surface area contributed by atoms with Gasteiger partial charge >= 0.3 is 20.5 Å². The average molecular weight is 469 g/mol. The maximum atomic E-state index is 11.6. The number of terminal acetylenes is 1. The van der Waals surface area contributed by atoms with Crippen LogP contribution < -0.4 is 0 Å². The molecular formula is C23H36O8Si. The monoisotopic (exact) mass is 468 g/mol. The Labute approximate surface area is 192 Å². The van der Waals surface area contributed by atoms with Crippen molar-refractivity contribution in [1.29, 1.82) is 0 Å². The van der Waals surface area contributed by atoms with Crippen molar-refractivity contribution in [1.82, 2.24) is 0 Å². The third kappa shape index (κ3) is 5.54. The fourth-order valence-electron chi connectivity index (χ4n) is 4.56. The third-order valence-corrected chi connectivity index (χ3v) is 10.9. The molecule has 0 bridgehead atoms. The molecule has 0 aliphatic carbocycles. The number of esters is 2. The minimum atomic E-state index is -2.72. The molecule has 9 heteroatoms. The van der Waals surface area contributed by atoms with Gasteiger partial charge in [-0.2, -0.15) is 0 Å². The number of carbonyl (C=O) groups excluding carboxylic acids is 2. The molecule has 0 N–H and O–H groups in total. The second-order valence-corrected chi connectivity index (χ2v) is 14.9. The highest BCUT2D eigenvalue weighted by Gasteiger charge is 2.63. The van der Waals surface area contributed by atoms with E-state index in [0.717, 1.165) is 6.08 Å². The molecule has 2 aliphatic heterocycles. The average Bonchev–Trinajstić information content (AvgIpc) is 2.69. The fraction of sp³-hybridized carbons (Fsp3) is 0.739. The van der Waals surface area contributed by atoms with Gasteiger partial charge < -0.3 is 27.8 Å². The minimum absolute atomic E-state index is 0.187. The summed E-state index contributed by atoms with van der Waals surface area (Å²) in [5.41, 5.74) is 0. The zero-order valence-corrected chi connectivity index (χ0v) is 21.3. The Bertz CT molecular complexity index is 743. The normalized spacial score (nSPS) is 28.8. The van der Waals surface area contributed by atoms with Crippen LogP contribution >= 0.6 is 0 Å². The van der Waals surface area contributed by atoms with Crippen molar-refractivity contribution in [3.63, 3.8) is 0 Å². The number of fused-ring (bicyclic) bond motifs is 1. The standard InChI is InChI=1S/C23H36O8Si/c1-10-16(29-15(2)24)21-18(27-12-11-20(25)26-9)13-17-19(30-21)14-28-32(31-17,22(3,4)5)23(6,7)8/h1,11-12,16-19,21H,13-14H2,2-9H3/b12-11+/t16-,17-,18+,19+,21-/m0/s1. The highest BCUT2D eigenvalue weighted by atomic mass is 28.4. The Balaban J connectivity index is 2.33. The summed E-state index contributed by atoms with van der Waals surface area (Å²) in [7, 11) is -1.44. The van der Waals surface area contributed by atoms with Crippen LogP contribution in [0.4, 0.5) is 0 Å². The van der Waals surface area contributed by atoms with Gasteiger partial charge in [-0.1, -0.05) is 47.5 Å². The summed E-state index contributed by atoms with van der Waals surface area (Å²) in [6.07, 6.45) is 5.46. The summed E-state index contributed by atoms with van der Waals surface area (Å²) in [4.78, 5) is 23.0. The van der Waals surface area contributed by atoms with E-state index < -0.39 is 38.8 Å². The first-order valence-electron chi connectivity index (χ1n) is 10.8. The molecule has 2 aliphatic rings. The molecule has 0 aromatic heterocycles. The molecular weight excluding hydrogens is 432 g/mol. The smallest absolute Gasteiger partial charge is 0.349 e. The van der Waals surface area contributed by atoms with Gasteiger partial charge in [-0.05, 0) is 0 Å². The van der Waals surface area contributed by atoms with E-state index in [9.17, 15) is 9.59 Å². The highest BCUT2D eigenvalue weighted by molar-refractivity contribution is 6.73. The Morgan fingerprint density at radius 1 is 1.16 bits per heavy atom. The lowest BCUT2D eigenvalue weighted by Crippen LogP contribution is -2.68. The van der Waals surface area contributed by atoms with Gasteiger partial charge in [0.25, 0.3) is 0 Å². The Morgan fingerprint density at radius 3 is 2.28 bits per heavy atom. The number of methoxy groups -OCH3 is 1. The van der Waals surface area contributed by atoms with Crippen LogP contribution in [0.5, 0.6) is 0 Å². The lowest BCUT2D eigenvalue weighted by Gasteiger charge is -2.56. The quantitative estimate of drug-likeness (QED) is 0.200. The molecule has 2 saturated heterocycles. The van der Waals surface area contributed by atoms with E-state index in [4.69, 9.17) is 29.5 Å². The van der Waals surface area contributed by atoms with Crippen molar-refractivity contribution in [3.8, 4) is 12.3 Å². The molecule has 180 valence electrons. The van der Waals surface area contributed by atoms with Crippen LogP contribution in [-0.2, 0) is 37.4 Å². The van der Waals surface area contributed by atoms with E-state index >= 15 is 0 Å². The van der Waals surface area contributed by atoms with E-state index in [0.29, 0.717) is 13.0 Å². The first-order valence-corrected chi connectivity index (χ1v) is 12.6. The van der Waals surface area contributed by atoms with Gasteiger partial charge in [0.15, 0.2) is 6.10 Å². The maximum Gasteiger partial charge on any atom is 0.349 e. The largest absolute Gasteiger partial charge is 0.495 e. The summed E-state index contributed by atoms with van der Waals surface area (Å²) < 4.78 is 35.2. The molecule has 0 saturated carbocycles. The molecule has 8 nitrogen and oxygen atoms in total. The highest BCUT2D eigenvalue weighted by Crippen LogP contribution is 2.55. The lowest BCUT2D eigenvalue weighted by atomic mass is 9.95. The second kappa shape index (κ2) is 9.95. The van der Waals surface area contributed by atoms with Crippen molar-refractivity contribution in [2.75, 3.05) is 13.7 Å². The van der Waals surface area contributed by atoms with Crippen molar-refractivity contribution in [2.24, 2.45) is 0 Å². The molecule has 0 aromatic carbocycles. The molecule has 2 heterocycles. The maximum absolute atomic E-state index is 11.6. The Kier molecular flexibility index (Phi) is 8.21. The van der Waals surface area contributed by atoms with Crippen molar-refractivity contribution >= 4 is 20.5 Å². The van der Waals surface area contributed by atoms with E-state index in [-0.39, 0.29) is 22.3 Å². The molecule has 0 amide bonds. The Hall–Kier alpha value is -1.86. The van der Waals surface area contributed by atoms with Crippen LogP contribution in [0.2, 0.25) is 10.1 Å². The van der Waals surface area contributed by atoms with Crippen LogP contribution in [0.25, 0.3) is 0 Å². The van der Waals surface area contributed by atoms with Gasteiger partial charge in [0.05, 0.1) is 32.2 Å². The molecule has 5 atom stereocenters. The number of carbonyl (C=O) groups is 2. The van der Waals surface area contributed by atoms with Crippen LogP contribution in [0.3, 0.4) is 0 Å². The van der Waals surface area contributed by atoms with Gasteiger partial charge in [0.1, 0.15) is 18.3 Å². The first kappa shape index (κ1) is 26.4. The summed E-state index contributed by atoms with van der Waals surface area (Å²) in [5, 5.41) is -0.374. The number of rotatable bonds is 5. The molecule has 0 unspecified atom stereocenters. The van der Waals surface area contributed by atoms with Gasteiger partial charge in [0.2, 0.25) is 0 Å². The summed E-state index contributed by atoms with van der Waals surface area (Å²) >= 11 is 0. The molecule has 0 aromatic rings. The predicted molar refractivity (Wildman–Crippen MR) is 120 cm³/mol. The number of hydrogen-bond acceptors (Lipinski definition) is 8. The van der Waals surface area contributed by atoms with E-state index in [2.05, 4.69) is 52.2 Å². The lowest BCUT2D eigenvalue weighted by molar-refractivity contribution is -0.220. The first-order chi connectivity index (χ1) is 14.8. The van der Waals surface area contributed by atoms with Gasteiger partial charge in [-0.25, -0.2) is 4.79 Å². The fourth-order valence-corrected chi connectivity index (χ4v) is 9.52. The predicted octanol–water partition coefficient (Wildman–Crippen LogP) is 3.24. The molecule has 32 heavy (non-hydrogen) atoms. The van der Waals surface area contributed by atoms with Crippen LogP contribution in [0, 0.1) is 12.3 Å². The molecule has 0 spiro atoms. The van der Waals surface area contributed by atoms with Crippen LogP contribution in [0.1, 0.15) is 54.9 Å². The zero-order valence-electron chi connectivity index (χ0n) is 20.3. The van der Waals surface area contributed by atoms with E-state index in [1.807, 2.05) is 0 Å². The van der Waals surface area contributed by atoms with Crippen molar-refractivity contribution in [2.45, 2.75) is 95.5 Å². The molecule has 2 rings (SSSR count). The molecule has 0 radical (unpaired) electrons. The summed E-state index contributed by atoms with van der Waals surface area (Å²) in [6.45, 7) is 14.5. The van der Waals surface area contributed by atoms with Gasteiger partial charge in [0, 0.05) is 23.4 Å². The second-order valence-electron chi connectivity index (χ2n) is 10.2. The number of ether oxygens (including phenoxy) is 4. The summed E-state index contributed by atoms with van der Waals surface area (Å²) in [5.74, 6) is 1.39. The van der Waals surface area contributed by atoms with Crippen LogP contribution in [-0.4, -0.2) is 64.7 Å². The number of hydrogen-bond donors (Lipinski definition) is 0. The van der Waals surface area contributed by atoms with E-state index in [1.54, 1.807) is 0 Å². The SMILES string of the molecule is C#C[C@H](OC(C)=O)[C@@H]1O[C@@H]2CO[Si](C(C)(C)C)(C(C)(C)C)O[C@H]2C[C@H]1O/C=C/C(=O)OC. The van der Waals surface area contributed by atoms with Crippen molar-refractivity contribution in [3.05, 3.63) is 12.3 Å². The Morgan fingerprint density at radius 2 is 1.78 bits per heavy atom. The topological polar surface area (TPSA) is 89.5 Å².